The van der Waals surface area contributed by atoms with Crippen molar-refractivity contribution in [3.63, 3.8) is 0 Å². The number of hydrogen-bond donors (Lipinski definition) is 3. The third-order valence-corrected chi connectivity index (χ3v) is 5.27. The molecule has 0 radical (unpaired) electrons. The van der Waals surface area contributed by atoms with Gasteiger partial charge in [-0.25, -0.2) is 4.39 Å². The molecular formula is C20H23FO5. The van der Waals surface area contributed by atoms with Gasteiger partial charge in [0.15, 0.2) is 23.1 Å². The molecule has 3 N–H and O–H groups in total. The summed E-state index contributed by atoms with van der Waals surface area (Å²) in [4.78, 5) is 0. The molecule has 26 heavy (non-hydrogen) atoms. The number of aliphatic hydroxyl groups excluding tert-OH is 2. The number of methoxy groups -OCH3 is 2. The number of rotatable bonds is 5. The molecule has 0 saturated carbocycles. The van der Waals surface area contributed by atoms with Gasteiger partial charge in [0.2, 0.25) is 0 Å². The smallest absolute Gasteiger partial charge is 0.165 e. The largest absolute Gasteiger partial charge is 0.504 e. The third-order valence-electron chi connectivity index (χ3n) is 5.27. The van der Waals surface area contributed by atoms with Crippen molar-refractivity contribution in [2.45, 2.75) is 12.3 Å². The highest BCUT2D eigenvalue weighted by Crippen LogP contribution is 2.47. The molecule has 5 nitrogen and oxygen atoms in total. The van der Waals surface area contributed by atoms with Gasteiger partial charge in [-0.05, 0) is 59.2 Å². The fourth-order valence-electron chi connectivity index (χ4n) is 3.94. The maximum absolute atomic E-state index is 13.9. The van der Waals surface area contributed by atoms with Crippen LogP contribution in [0.15, 0.2) is 30.3 Å². The highest BCUT2D eigenvalue weighted by Gasteiger charge is 2.38. The summed E-state index contributed by atoms with van der Waals surface area (Å²) in [5, 5.41) is 29.9. The van der Waals surface area contributed by atoms with Crippen molar-refractivity contribution in [1.82, 2.24) is 0 Å². The Hall–Kier alpha value is -2.31. The number of halogens is 1. The van der Waals surface area contributed by atoms with Crippen LogP contribution in [0, 0.1) is 17.7 Å². The van der Waals surface area contributed by atoms with E-state index in [9.17, 15) is 19.7 Å². The number of fused-ring (bicyclic) bond motifs is 1. The highest BCUT2D eigenvalue weighted by molar-refractivity contribution is 5.52. The van der Waals surface area contributed by atoms with Crippen LogP contribution < -0.4 is 9.47 Å². The Labute approximate surface area is 151 Å². The number of phenolic OH excluding ortho intramolecular Hbond substituents is 1. The van der Waals surface area contributed by atoms with E-state index in [0.29, 0.717) is 12.2 Å². The molecule has 1 aliphatic rings. The lowest BCUT2D eigenvalue weighted by molar-refractivity contribution is 0.101. The molecule has 1 aliphatic carbocycles. The molecule has 0 aromatic heterocycles. The van der Waals surface area contributed by atoms with E-state index in [4.69, 9.17) is 9.47 Å². The molecule has 0 saturated heterocycles. The number of benzene rings is 2. The molecule has 0 heterocycles. The van der Waals surface area contributed by atoms with E-state index < -0.39 is 5.82 Å². The zero-order valence-corrected chi connectivity index (χ0v) is 14.8. The van der Waals surface area contributed by atoms with Crippen molar-refractivity contribution in [3.05, 3.63) is 52.8 Å². The first-order valence-corrected chi connectivity index (χ1v) is 8.48. The van der Waals surface area contributed by atoms with Crippen LogP contribution in [0.5, 0.6) is 17.2 Å². The fourth-order valence-corrected chi connectivity index (χ4v) is 3.94. The van der Waals surface area contributed by atoms with Gasteiger partial charge in [0.1, 0.15) is 0 Å². The molecule has 0 bridgehead atoms. The molecule has 3 atom stereocenters. The molecule has 0 aliphatic heterocycles. The lowest BCUT2D eigenvalue weighted by atomic mass is 9.67. The number of phenols is 1. The first kappa shape index (κ1) is 18.5. The van der Waals surface area contributed by atoms with Crippen molar-refractivity contribution in [3.8, 4) is 17.2 Å². The minimum atomic E-state index is -0.463. The standard InChI is InChI=1S/C20H23FO5/c1-25-18-7-11(3-4-16(18)21)20-14-8-19(26-2)17(24)6-12(14)5-13(9-22)15(20)10-23/h3-4,6-8,13,15,20,22-24H,5,9-10H2,1-2H3/t13-,15-,20?/m1/s1. The van der Waals surface area contributed by atoms with E-state index in [1.54, 1.807) is 24.3 Å². The van der Waals surface area contributed by atoms with Gasteiger partial charge in [-0.1, -0.05) is 6.07 Å². The summed E-state index contributed by atoms with van der Waals surface area (Å²) in [5.41, 5.74) is 2.53. The summed E-state index contributed by atoms with van der Waals surface area (Å²) in [6.07, 6.45) is 0.531. The van der Waals surface area contributed by atoms with E-state index in [1.807, 2.05) is 0 Å². The van der Waals surface area contributed by atoms with Gasteiger partial charge in [0.05, 0.1) is 14.2 Å². The summed E-state index contributed by atoms with van der Waals surface area (Å²) >= 11 is 0. The second-order valence-electron chi connectivity index (χ2n) is 6.59. The van der Waals surface area contributed by atoms with Crippen LogP contribution in [0.25, 0.3) is 0 Å². The van der Waals surface area contributed by atoms with Gasteiger partial charge in [-0.15, -0.1) is 0 Å². The molecule has 0 amide bonds. The average Bonchev–Trinajstić information content (AvgIpc) is 2.66. The van der Waals surface area contributed by atoms with Gasteiger partial charge < -0.3 is 24.8 Å². The Kier molecular flexibility index (Phi) is 5.34. The first-order valence-electron chi connectivity index (χ1n) is 8.48. The predicted molar refractivity (Wildman–Crippen MR) is 94.3 cm³/mol. The van der Waals surface area contributed by atoms with Crippen LogP contribution in [-0.2, 0) is 6.42 Å². The van der Waals surface area contributed by atoms with Crippen molar-refractivity contribution >= 4 is 0 Å². The van der Waals surface area contributed by atoms with Crippen molar-refractivity contribution in [1.29, 1.82) is 0 Å². The Morgan fingerprint density at radius 3 is 2.38 bits per heavy atom. The molecule has 1 unspecified atom stereocenters. The summed E-state index contributed by atoms with van der Waals surface area (Å²) in [7, 11) is 2.87. The molecule has 140 valence electrons. The molecule has 2 aromatic rings. The highest BCUT2D eigenvalue weighted by atomic mass is 19.1. The minimum Gasteiger partial charge on any atom is -0.504 e. The molecule has 2 aromatic carbocycles. The van der Waals surface area contributed by atoms with E-state index >= 15 is 0 Å². The van der Waals surface area contributed by atoms with Crippen molar-refractivity contribution in [2.75, 3.05) is 27.4 Å². The van der Waals surface area contributed by atoms with Crippen LogP contribution in [0.1, 0.15) is 22.6 Å². The summed E-state index contributed by atoms with van der Waals surface area (Å²) in [6.45, 7) is -0.218. The number of hydrogen-bond acceptors (Lipinski definition) is 5. The second-order valence-corrected chi connectivity index (χ2v) is 6.59. The van der Waals surface area contributed by atoms with Gasteiger partial charge in [-0.2, -0.15) is 0 Å². The molecule has 0 spiro atoms. The average molecular weight is 362 g/mol. The van der Waals surface area contributed by atoms with E-state index in [1.165, 1.54) is 20.3 Å². The van der Waals surface area contributed by atoms with Crippen LogP contribution in [-0.4, -0.2) is 42.8 Å². The second kappa shape index (κ2) is 7.51. The Balaban J connectivity index is 2.20. The fraction of sp³-hybridized carbons (Fsp3) is 0.400. The number of aromatic hydroxyl groups is 1. The molecule has 0 fully saturated rings. The maximum Gasteiger partial charge on any atom is 0.165 e. The summed E-state index contributed by atoms with van der Waals surface area (Å²) < 4.78 is 24.2. The summed E-state index contributed by atoms with van der Waals surface area (Å²) in [6, 6.07) is 8.00. The van der Waals surface area contributed by atoms with Crippen LogP contribution >= 0.6 is 0 Å². The SMILES string of the molecule is COc1cc2c(cc1O)C[C@H](CO)[C@@H](CO)C2c1ccc(F)c(OC)c1. The van der Waals surface area contributed by atoms with Crippen LogP contribution in [0.2, 0.25) is 0 Å². The van der Waals surface area contributed by atoms with Gasteiger partial charge in [0, 0.05) is 19.1 Å². The van der Waals surface area contributed by atoms with E-state index in [2.05, 4.69) is 0 Å². The lowest BCUT2D eigenvalue weighted by Gasteiger charge is -2.38. The van der Waals surface area contributed by atoms with Gasteiger partial charge >= 0.3 is 0 Å². The Bertz CT molecular complexity index is 792. The number of aliphatic hydroxyl groups is 2. The lowest BCUT2D eigenvalue weighted by Crippen LogP contribution is -2.35. The molecule has 6 heteroatoms. The number of ether oxygens (including phenoxy) is 2. The van der Waals surface area contributed by atoms with Gasteiger partial charge in [-0.3, -0.25) is 0 Å². The normalized spacial score (nSPS) is 22.0. The van der Waals surface area contributed by atoms with Crippen LogP contribution in [0.3, 0.4) is 0 Å². The topological polar surface area (TPSA) is 79.2 Å². The van der Waals surface area contributed by atoms with Crippen molar-refractivity contribution in [2.24, 2.45) is 11.8 Å². The van der Waals surface area contributed by atoms with Crippen LogP contribution in [0.4, 0.5) is 4.39 Å². The van der Waals surface area contributed by atoms with E-state index in [0.717, 1.165) is 16.7 Å². The minimum absolute atomic E-state index is 0.0285. The third kappa shape index (κ3) is 3.10. The zero-order chi connectivity index (χ0) is 18.8. The Morgan fingerprint density at radius 2 is 1.77 bits per heavy atom. The first-order chi connectivity index (χ1) is 12.5. The summed E-state index contributed by atoms with van der Waals surface area (Å²) in [5.74, 6) is -0.696. The molecular weight excluding hydrogens is 339 g/mol. The predicted octanol–water partition coefficient (Wildman–Crippen LogP) is 2.45. The monoisotopic (exact) mass is 362 g/mol. The quantitative estimate of drug-likeness (QED) is 0.761. The van der Waals surface area contributed by atoms with Crippen molar-refractivity contribution < 1.29 is 29.2 Å². The molecule has 3 rings (SSSR count). The maximum atomic E-state index is 13.9. The Morgan fingerprint density at radius 1 is 1.04 bits per heavy atom. The van der Waals surface area contributed by atoms with E-state index in [-0.39, 0.29) is 42.5 Å². The van der Waals surface area contributed by atoms with Gasteiger partial charge in [0.25, 0.3) is 0 Å². The zero-order valence-electron chi connectivity index (χ0n) is 14.8.